The highest BCUT2D eigenvalue weighted by Gasteiger charge is 2.55. The van der Waals surface area contributed by atoms with Gasteiger partial charge >= 0.3 is 0 Å². The fourth-order valence-corrected chi connectivity index (χ4v) is 3.77. The fourth-order valence-electron chi connectivity index (χ4n) is 3.77. The molecule has 1 aromatic rings. The first kappa shape index (κ1) is 11.8. The second-order valence-electron chi connectivity index (χ2n) is 5.91. The molecule has 3 heterocycles. The van der Waals surface area contributed by atoms with Crippen molar-refractivity contribution in [2.24, 2.45) is 0 Å². The number of carbonyl (C=O) groups excluding carboxylic acids is 2. The van der Waals surface area contributed by atoms with Gasteiger partial charge in [0.1, 0.15) is 18.2 Å². The van der Waals surface area contributed by atoms with Gasteiger partial charge in [-0.15, -0.1) is 0 Å². The molecular formula is C15H17N3O2. The first-order valence-electron chi connectivity index (χ1n) is 7.04. The largest absolute Gasteiger partial charge is 0.364 e. The molecule has 4 rings (SSSR count). The summed E-state index contributed by atoms with van der Waals surface area (Å²) in [5.74, 6) is 0.332. The molecule has 5 heteroatoms. The number of para-hydroxylation sites is 1. The van der Waals surface area contributed by atoms with Gasteiger partial charge in [0.25, 0.3) is 0 Å². The Labute approximate surface area is 117 Å². The number of amides is 2. The number of anilines is 1. The Bertz CT molecular complexity index is 615. The summed E-state index contributed by atoms with van der Waals surface area (Å²) in [6.45, 7) is 1.80. The van der Waals surface area contributed by atoms with Crippen LogP contribution in [0.1, 0.15) is 24.8 Å². The first-order chi connectivity index (χ1) is 9.59. The van der Waals surface area contributed by atoms with Crippen LogP contribution in [0.15, 0.2) is 24.3 Å². The van der Waals surface area contributed by atoms with Crippen molar-refractivity contribution in [1.29, 1.82) is 0 Å². The number of piperazine rings is 1. The minimum Gasteiger partial charge on any atom is -0.364 e. The van der Waals surface area contributed by atoms with E-state index in [9.17, 15) is 9.59 Å². The molecule has 1 N–H and O–H groups in total. The van der Waals surface area contributed by atoms with E-state index in [0.29, 0.717) is 0 Å². The van der Waals surface area contributed by atoms with Gasteiger partial charge in [-0.2, -0.15) is 0 Å². The van der Waals surface area contributed by atoms with Crippen molar-refractivity contribution >= 4 is 17.5 Å². The fraction of sp³-hybridized carbons (Fsp3) is 0.467. The van der Waals surface area contributed by atoms with Gasteiger partial charge in [-0.1, -0.05) is 18.2 Å². The van der Waals surface area contributed by atoms with E-state index >= 15 is 0 Å². The molecule has 0 spiro atoms. The van der Waals surface area contributed by atoms with Crippen LogP contribution in [0.25, 0.3) is 0 Å². The predicted octanol–water partition coefficient (Wildman–Crippen LogP) is 0.983. The minimum atomic E-state index is -0.372. The summed E-state index contributed by atoms with van der Waals surface area (Å²) in [6, 6.07) is 7.45. The van der Waals surface area contributed by atoms with E-state index in [1.165, 1.54) is 5.56 Å². The Morgan fingerprint density at radius 3 is 2.75 bits per heavy atom. The highest BCUT2D eigenvalue weighted by molar-refractivity contribution is 5.98. The third-order valence-corrected chi connectivity index (χ3v) is 4.98. The van der Waals surface area contributed by atoms with Gasteiger partial charge in [0.15, 0.2) is 0 Å². The number of rotatable bonds is 0. The lowest BCUT2D eigenvalue weighted by Gasteiger charge is -2.41. The smallest absolute Gasteiger partial charge is 0.247 e. The molecule has 0 unspecified atom stereocenters. The van der Waals surface area contributed by atoms with Crippen LogP contribution in [0.5, 0.6) is 0 Å². The maximum absolute atomic E-state index is 12.5. The number of hydrogen-bond donors (Lipinski definition) is 1. The van der Waals surface area contributed by atoms with Gasteiger partial charge in [-0.05, 0) is 25.0 Å². The summed E-state index contributed by atoms with van der Waals surface area (Å²) in [5.41, 5.74) is 2.32. The molecule has 0 radical (unpaired) electrons. The quantitative estimate of drug-likeness (QED) is 0.765. The number of benzene rings is 1. The van der Waals surface area contributed by atoms with Gasteiger partial charge in [0, 0.05) is 18.7 Å². The topological polar surface area (TPSA) is 52.7 Å². The lowest BCUT2D eigenvalue weighted by molar-refractivity contribution is -0.158. The summed E-state index contributed by atoms with van der Waals surface area (Å²) in [6.07, 6.45) is 0.654. The zero-order chi connectivity index (χ0) is 14.0. The summed E-state index contributed by atoms with van der Waals surface area (Å²) in [7, 11) is 1.72. The van der Waals surface area contributed by atoms with Crippen LogP contribution in [-0.2, 0) is 9.59 Å². The van der Waals surface area contributed by atoms with Crippen molar-refractivity contribution in [3.05, 3.63) is 29.8 Å². The van der Waals surface area contributed by atoms with Gasteiger partial charge in [-0.25, -0.2) is 0 Å². The Kier molecular flexibility index (Phi) is 2.20. The normalized spacial score (nSPS) is 34.7. The third kappa shape index (κ3) is 1.27. The molecule has 3 aliphatic rings. The Morgan fingerprint density at radius 1 is 1.20 bits per heavy atom. The summed E-state index contributed by atoms with van der Waals surface area (Å²) in [4.78, 5) is 28.3. The van der Waals surface area contributed by atoms with Crippen molar-refractivity contribution in [2.75, 3.05) is 12.4 Å². The Balaban J connectivity index is 1.76. The number of nitrogens with one attached hydrogen (secondary N) is 1. The molecular weight excluding hydrogens is 254 g/mol. The van der Waals surface area contributed by atoms with E-state index in [1.54, 1.807) is 23.8 Å². The molecule has 0 aliphatic carbocycles. The number of fused-ring (bicyclic) bond motifs is 5. The molecule has 5 nitrogen and oxygen atoms in total. The Morgan fingerprint density at radius 2 is 1.95 bits per heavy atom. The van der Waals surface area contributed by atoms with Gasteiger partial charge < -0.3 is 15.1 Å². The highest BCUT2D eigenvalue weighted by atomic mass is 16.2. The number of hydrogen-bond acceptors (Lipinski definition) is 3. The van der Waals surface area contributed by atoms with E-state index in [-0.39, 0.29) is 36.0 Å². The van der Waals surface area contributed by atoms with Crippen LogP contribution in [0, 0.1) is 0 Å². The monoisotopic (exact) mass is 271 g/mol. The molecule has 20 heavy (non-hydrogen) atoms. The van der Waals surface area contributed by atoms with Crippen LogP contribution < -0.4 is 5.32 Å². The molecule has 4 atom stereocenters. The third-order valence-electron chi connectivity index (χ3n) is 4.98. The molecule has 0 saturated carbocycles. The standard InChI is InChI=1S/C15H17N3O2/c1-8-14(19)18-12(15(20)17(8)2)7-10-9-5-3-4-6-11(9)16-13(10)18/h3-6,8,10,12-13,16H,7H2,1-2H3/t8-,10+,12-,13+/m0/s1. The summed E-state index contributed by atoms with van der Waals surface area (Å²) in [5, 5.41) is 3.42. The van der Waals surface area contributed by atoms with Crippen LogP contribution >= 0.6 is 0 Å². The number of carbonyl (C=O) groups is 2. The van der Waals surface area contributed by atoms with E-state index < -0.39 is 0 Å². The molecule has 104 valence electrons. The molecule has 1 aromatic carbocycles. The van der Waals surface area contributed by atoms with Gasteiger partial charge in [0.2, 0.25) is 11.8 Å². The number of nitrogens with zero attached hydrogens (tertiary/aromatic N) is 2. The Hall–Kier alpha value is -2.04. The lowest BCUT2D eigenvalue weighted by atomic mass is 9.96. The van der Waals surface area contributed by atoms with Crippen molar-refractivity contribution in [3.8, 4) is 0 Å². The van der Waals surface area contributed by atoms with E-state index in [0.717, 1.165) is 12.1 Å². The zero-order valence-corrected chi connectivity index (χ0v) is 11.5. The highest BCUT2D eigenvalue weighted by Crippen LogP contribution is 2.47. The van der Waals surface area contributed by atoms with E-state index in [2.05, 4.69) is 11.4 Å². The zero-order valence-electron chi connectivity index (χ0n) is 11.5. The van der Waals surface area contributed by atoms with Crippen molar-refractivity contribution in [3.63, 3.8) is 0 Å². The maximum atomic E-state index is 12.5. The predicted molar refractivity (Wildman–Crippen MR) is 74.1 cm³/mol. The molecule has 3 aliphatic heterocycles. The van der Waals surface area contributed by atoms with Gasteiger partial charge in [0.05, 0.1) is 0 Å². The van der Waals surface area contributed by atoms with Crippen molar-refractivity contribution in [2.45, 2.75) is 37.5 Å². The van der Waals surface area contributed by atoms with Crippen molar-refractivity contribution < 1.29 is 9.59 Å². The molecule has 0 aromatic heterocycles. The van der Waals surface area contributed by atoms with Crippen LogP contribution in [-0.4, -0.2) is 46.9 Å². The second-order valence-corrected chi connectivity index (χ2v) is 5.91. The molecule has 2 amide bonds. The number of likely N-dealkylation sites (N-methyl/N-ethyl adjacent to an activating group) is 1. The van der Waals surface area contributed by atoms with Crippen LogP contribution in [0.2, 0.25) is 0 Å². The molecule has 2 saturated heterocycles. The average molecular weight is 271 g/mol. The summed E-state index contributed by atoms with van der Waals surface area (Å²) < 4.78 is 0. The molecule has 0 bridgehead atoms. The first-order valence-corrected chi connectivity index (χ1v) is 7.04. The average Bonchev–Trinajstić information content (AvgIpc) is 2.98. The molecule has 2 fully saturated rings. The lowest BCUT2D eigenvalue weighted by Crippen LogP contribution is -2.63. The van der Waals surface area contributed by atoms with E-state index in [4.69, 9.17) is 0 Å². The summed E-state index contributed by atoms with van der Waals surface area (Å²) >= 11 is 0. The van der Waals surface area contributed by atoms with E-state index in [1.807, 2.05) is 18.2 Å². The maximum Gasteiger partial charge on any atom is 0.247 e. The van der Waals surface area contributed by atoms with Gasteiger partial charge in [-0.3, -0.25) is 9.59 Å². The SMILES string of the molecule is C[C@H]1C(=O)N2[C@@H](C[C@@H]3c4ccccc4N[C@@H]32)C(=O)N1C. The van der Waals surface area contributed by atoms with Crippen LogP contribution in [0.4, 0.5) is 5.69 Å². The second kappa shape index (κ2) is 3.75. The minimum absolute atomic E-state index is 0.0462. The van der Waals surface area contributed by atoms with Crippen molar-refractivity contribution in [1.82, 2.24) is 9.80 Å². The van der Waals surface area contributed by atoms with Crippen LogP contribution in [0.3, 0.4) is 0 Å².